The number of halogens is 1. The van der Waals surface area contributed by atoms with Gasteiger partial charge in [0.2, 0.25) is 0 Å². The molecule has 0 unspecified atom stereocenters. The summed E-state index contributed by atoms with van der Waals surface area (Å²) in [5, 5.41) is 9.25. The fourth-order valence-electron chi connectivity index (χ4n) is 4.08. The van der Waals surface area contributed by atoms with Crippen LogP contribution in [0.15, 0.2) is 54.7 Å². The van der Waals surface area contributed by atoms with Crippen molar-refractivity contribution in [3.05, 3.63) is 65.3 Å². The number of thiocarbonyl (C=S) groups is 1. The molecule has 1 heterocycles. The number of hydrogen-bond donors (Lipinski definition) is 2. The van der Waals surface area contributed by atoms with Crippen molar-refractivity contribution in [1.29, 1.82) is 0 Å². The normalized spacial score (nSPS) is 15.4. The SMILES string of the molecule is COc1ccc(NC(=S)NC2(c3ccccc3Cl)CCCC2)c2cccnc12. The summed E-state index contributed by atoms with van der Waals surface area (Å²) in [7, 11) is 1.65. The van der Waals surface area contributed by atoms with Crippen LogP contribution in [0.5, 0.6) is 5.75 Å². The minimum Gasteiger partial charge on any atom is -0.494 e. The average Bonchev–Trinajstić information content (AvgIpc) is 3.17. The van der Waals surface area contributed by atoms with Crippen molar-refractivity contribution in [2.75, 3.05) is 12.4 Å². The van der Waals surface area contributed by atoms with Crippen LogP contribution in [-0.2, 0) is 5.54 Å². The molecule has 6 heteroatoms. The van der Waals surface area contributed by atoms with Crippen LogP contribution in [0.4, 0.5) is 5.69 Å². The Kier molecular flexibility index (Phi) is 5.38. The Morgan fingerprint density at radius 2 is 1.89 bits per heavy atom. The Morgan fingerprint density at radius 1 is 1.11 bits per heavy atom. The van der Waals surface area contributed by atoms with E-state index in [4.69, 9.17) is 28.6 Å². The summed E-state index contributed by atoms with van der Waals surface area (Å²) >= 11 is 12.2. The van der Waals surface area contributed by atoms with Gasteiger partial charge in [0.1, 0.15) is 11.3 Å². The van der Waals surface area contributed by atoms with Gasteiger partial charge in [-0.05, 0) is 61.0 Å². The minimum atomic E-state index is -0.233. The van der Waals surface area contributed by atoms with Gasteiger partial charge >= 0.3 is 0 Å². The molecule has 1 aliphatic carbocycles. The number of rotatable bonds is 4. The Labute approximate surface area is 175 Å². The number of ether oxygens (including phenoxy) is 1. The summed E-state index contributed by atoms with van der Waals surface area (Å²) in [5.74, 6) is 0.739. The van der Waals surface area contributed by atoms with Crippen LogP contribution in [0.25, 0.3) is 10.9 Å². The van der Waals surface area contributed by atoms with E-state index < -0.39 is 0 Å². The lowest BCUT2D eigenvalue weighted by atomic mass is 9.88. The first-order valence-corrected chi connectivity index (χ1v) is 10.2. The van der Waals surface area contributed by atoms with E-state index in [9.17, 15) is 0 Å². The highest BCUT2D eigenvalue weighted by Gasteiger charge is 2.37. The lowest BCUT2D eigenvalue weighted by Gasteiger charge is -2.33. The van der Waals surface area contributed by atoms with Gasteiger partial charge in [-0.3, -0.25) is 4.98 Å². The van der Waals surface area contributed by atoms with E-state index in [0.29, 0.717) is 5.11 Å². The van der Waals surface area contributed by atoms with Crippen molar-refractivity contribution in [2.24, 2.45) is 0 Å². The predicted octanol–water partition coefficient (Wildman–Crippen LogP) is 5.65. The number of aromatic nitrogens is 1. The molecule has 1 fully saturated rings. The number of nitrogens with one attached hydrogen (secondary N) is 2. The molecule has 2 N–H and O–H groups in total. The van der Waals surface area contributed by atoms with E-state index in [-0.39, 0.29) is 5.54 Å². The minimum absolute atomic E-state index is 0.233. The van der Waals surface area contributed by atoms with Crippen LogP contribution in [-0.4, -0.2) is 17.2 Å². The van der Waals surface area contributed by atoms with Crippen molar-refractivity contribution in [3.63, 3.8) is 0 Å². The van der Waals surface area contributed by atoms with Gasteiger partial charge in [0.05, 0.1) is 12.6 Å². The quantitative estimate of drug-likeness (QED) is 0.543. The first-order chi connectivity index (χ1) is 13.6. The van der Waals surface area contributed by atoms with Gasteiger partial charge in [0, 0.05) is 22.3 Å². The lowest BCUT2D eigenvalue weighted by Crippen LogP contribution is -2.45. The molecular weight excluding hydrogens is 390 g/mol. The summed E-state index contributed by atoms with van der Waals surface area (Å²) in [6.45, 7) is 0. The fourth-order valence-corrected chi connectivity index (χ4v) is 4.70. The number of hydrogen-bond acceptors (Lipinski definition) is 3. The van der Waals surface area contributed by atoms with Crippen LogP contribution in [0.1, 0.15) is 31.2 Å². The van der Waals surface area contributed by atoms with E-state index in [1.54, 1.807) is 13.3 Å². The molecule has 0 radical (unpaired) electrons. The highest BCUT2D eigenvalue weighted by atomic mass is 35.5. The number of anilines is 1. The Morgan fingerprint density at radius 3 is 2.64 bits per heavy atom. The van der Waals surface area contributed by atoms with E-state index in [0.717, 1.165) is 58.6 Å². The van der Waals surface area contributed by atoms with Crippen molar-refractivity contribution in [1.82, 2.24) is 10.3 Å². The highest BCUT2D eigenvalue weighted by Crippen LogP contribution is 2.41. The number of fused-ring (bicyclic) bond motifs is 1. The smallest absolute Gasteiger partial charge is 0.171 e. The summed E-state index contributed by atoms with van der Waals surface area (Å²) in [6.07, 6.45) is 6.06. The highest BCUT2D eigenvalue weighted by molar-refractivity contribution is 7.80. The second-order valence-corrected chi connectivity index (χ2v) is 7.88. The molecule has 2 aromatic carbocycles. The summed E-state index contributed by atoms with van der Waals surface area (Å²) < 4.78 is 5.43. The van der Waals surface area contributed by atoms with Gasteiger partial charge in [-0.2, -0.15) is 0 Å². The molecule has 0 atom stereocenters. The van der Waals surface area contributed by atoms with Gasteiger partial charge < -0.3 is 15.4 Å². The van der Waals surface area contributed by atoms with Crippen molar-refractivity contribution in [2.45, 2.75) is 31.2 Å². The molecule has 0 spiro atoms. The second kappa shape index (κ2) is 7.94. The fraction of sp³-hybridized carbons (Fsp3) is 0.273. The zero-order valence-electron chi connectivity index (χ0n) is 15.7. The molecule has 1 saturated carbocycles. The first kappa shape index (κ1) is 19.0. The molecule has 144 valence electrons. The van der Waals surface area contributed by atoms with Gasteiger partial charge in [-0.15, -0.1) is 0 Å². The molecule has 0 aliphatic heterocycles. The number of methoxy groups -OCH3 is 1. The first-order valence-electron chi connectivity index (χ1n) is 9.39. The van der Waals surface area contributed by atoms with Gasteiger partial charge in [-0.25, -0.2) is 0 Å². The van der Waals surface area contributed by atoms with E-state index in [1.807, 2.05) is 42.5 Å². The van der Waals surface area contributed by atoms with Gasteiger partial charge in [0.15, 0.2) is 5.11 Å². The third kappa shape index (κ3) is 3.52. The van der Waals surface area contributed by atoms with Crippen LogP contribution in [0, 0.1) is 0 Å². The predicted molar refractivity (Wildman–Crippen MR) is 119 cm³/mol. The average molecular weight is 412 g/mol. The molecule has 0 saturated heterocycles. The number of benzene rings is 2. The molecular formula is C22H22ClN3OS. The summed E-state index contributed by atoms with van der Waals surface area (Å²) in [5.41, 5.74) is 2.58. The second-order valence-electron chi connectivity index (χ2n) is 7.06. The largest absolute Gasteiger partial charge is 0.494 e. The van der Waals surface area contributed by atoms with Crippen LogP contribution in [0.2, 0.25) is 5.02 Å². The Balaban J connectivity index is 1.62. The van der Waals surface area contributed by atoms with Gasteiger partial charge in [-0.1, -0.05) is 42.6 Å². The Bertz CT molecular complexity index is 1020. The summed E-state index contributed by atoms with van der Waals surface area (Å²) in [4.78, 5) is 4.45. The molecule has 1 aliphatic rings. The van der Waals surface area contributed by atoms with E-state index >= 15 is 0 Å². The van der Waals surface area contributed by atoms with E-state index in [2.05, 4.69) is 21.7 Å². The maximum absolute atomic E-state index is 6.52. The van der Waals surface area contributed by atoms with Crippen molar-refractivity contribution >= 4 is 45.5 Å². The summed E-state index contributed by atoms with van der Waals surface area (Å²) in [6, 6.07) is 15.8. The standard InChI is InChI=1S/C22H22ClN3OS/c1-27-19-11-10-18(15-7-6-14-24-20(15)19)25-21(28)26-22(12-4-5-13-22)16-8-2-3-9-17(16)23/h2-3,6-11,14H,4-5,12-13H2,1H3,(H2,25,26,28). The number of nitrogens with zero attached hydrogens (tertiary/aromatic N) is 1. The van der Waals surface area contributed by atoms with Crippen LogP contribution < -0.4 is 15.4 Å². The van der Waals surface area contributed by atoms with Crippen molar-refractivity contribution in [3.8, 4) is 5.75 Å². The van der Waals surface area contributed by atoms with E-state index in [1.165, 1.54) is 0 Å². The molecule has 28 heavy (non-hydrogen) atoms. The van der Waals surface area contributed by atoms with Crippen LogP contribution >= 0.6 is 23.8 Å². The molecule has 3 aromatic rings. The molecule has 4 rings (SSSR count). The maximum atomic E-state index is 6.52. The topological polar surface area (TPSA) is 46.2 Å². The molecule has 0 bridgehead atoms. The maximum Gasteiger partial charge on any atom is 0.171 e. The molecule has 4 nitrogen and oxygen atoms in total. The zero-order chi connectivity index (χ0) is 19.6. The van der Waals surface area contributed by atoms with Crippen molar-refractivity contribution < 1.29 is 4.74 Å². The molecule has 1 aromatic heterocycles. The molecule has 0 amide bonds. The number of pyridine rings is 1. The Hall–Kier alpha value is -2.37. The monoisotopic (exact) mass is 411 g/mol. The zero-order valence-corrected chi connectivity index (χ0v) is 17.2. The third-order valence-corrected chi connectivity index (χ3v) is 5.93. The lowest BCUT2D eigenvalue weighted by molar-refractivity contribution is 0.408. The third-order valence-electron chi connectivity index (χ3n) is 5.40. The van der Waals surface area contributed by atoms with Crippen LogP contribution in [0.3, 0.4) is 0 Å². The van der Waals surface area contributed by atoms with Gasteiger partial charge in [0.25, 0.3) is 0 Å².